The normalized spacial score (nSPS) is 18.2. The van der Waals surface area contributed by atoms with E-state index in [1.165, 1.54) is 6.07 Å². The van der Waals surface area contributed by atoms with Crippen LogP contribution in [0, 0.1) is 5.82 Å². The lowest BCUT2D eigenvalue weighted by Gasteiger charge is -2.25. The molecule has 24 heavy (non-hydrogen) atoms. The van der Waals surface area contributed by atoms with Gasteiger partial charge in [0, 0.05) is 12.8 Å². The lowest BCUT2D eigenvalue weighted by atomic mass is 10.0. The first-order valence-electron chi connectivity index (χ1n) is 7.47. The lowest BCUT2D eigenvalue weighted by molar-refractivity contribution is -0.171. The quantitative estimate of drug-likeness (QED) is 0.582. The SMILES string of the molecule is O=Cc1c(F)ccc(CCC(=O)C(F)(F)F)c1OC1CCCCO1. The number of Topliss-reactive ketones (excluding diaryl/α,β-unsaturated/α-hetero) is 1. The summed E-state index contributed by atoms with van der Waals surface area (Å²) in [6, 6.07) is 2.18. The fourth-order valence-corrected chi connectivity index (χ4v) is 2.39. The van der Waals surface area contributed by atoms with Crippen LogP contribution < -0.4 is 4.74 Å². The van der Waals surface area contributed by atoms with E-state index in [2.05, 4.69) is 0 Å². The number of ether oxygens (including phenoxy) is 2. The van der Waals surface area contributed by atoms with E-state index in [4.69, 9.17) is 9.47 Å². The van der Waals surface area contributed by atoms with Crippen LogP contribution in [0.25, 0.3) is 0 Å². The minimum absolute atomic E-state index is 0.158. The van der Waals surface area contributed by atoms with Gasteiger partial charge in [-0.25, -0.2) is 4.39 Å². The van der Waals surface area contributed by atoms with Crippen molar-refractivity contribution < 1.29 is 36.6 Å². The maximum absolute atomic E-state index is 13.8. The molecule has 2 rings (SSSR count). The van der Waals surface area contributed by atoms with E-state index in [-0.39, 0.29) is 29.6 Å². The highest BCUT2D eigenvalue weighted by atomic mass is 19.4. The number of halogens is 4. The lowest BCUT2D eigenvalue weighted by Crippen LogP contribution is -2.26. The monoisotopic (exact) mass is 348 g/mol. The van der Waals surface area contributed by atoms with E-state index >= 15 is 0 Å². The molecule has 1 atom stereocenters. The maximum atomic E-state index is 13.8. The highest BCUT2D eigenvalue weighted by Crippen LogP contribution is 2.30. The van der Waals surface area contributed by atoms with E-state index in [1.807, 2.05) is 0 Å². The molecule has 132 valence electrons. The third kappa shape index (κ3) is 4.53. The van der Waals surface area contributed by atoms with E-state index in [9.17, 15) is 27.2 Å². The number of aldehydes is 1. The Morgan fingerprint density at radius 3 is 2.67 bits per heavy atom. The summed E-state index contributed by atoms with van der Waals surface area (Å²) in [7, 11) is 0. The van der Waals surface area contributed by atoms with Crippen molar-refractivity contribution in [3.05, 3.63) is 29.1 Å². The molecule has 0 spiro atoms. The molecule has 1 aromatic rings. The fourth-order valence-electron chi connectivity index (χ4n) is 2.39. The van der Waals surface area contributed by atoms with Crippen molar-refractivity contribution >= 4 is 12.1 Å². The largest absolute Gasteiger partial charge is 0.464 e. The van der Waals surface area contributed by atoms with Crippen molar-refractivity contribution in [3.63, 3.8) is 0 Å². The van der Waals surface area contributed by atoms with Crippen LogP contribution in [0.2, 0.25) is 0 Å². The van der Waals surface area contributed by atoms with E-state index in [1.54, 1.807) is 0 Å². The van der Waals surface area contributed by atoms with Crippen molar-refractivity contribution in [1.82, 2.24) is 0 Å². The molecule has 0 aromatic heterocycles. The van der Waals surface area contributed by atoms with Crippen molar-refractivity contribution in [2.75, 3.05) is 6.61 Å². The van der Waals surface area contributed by atoms with Crippen molar-refractivity contribution in [1.29, 1.82) is 0 Å². The second-order valence-electron chi connectivity index (χ2n) is 5.40. The van der Waals surface area contributed by atoms with Crippen LogP contribution in [0.3, 0.4) is 0 Å². The Balaban J connectivity index is 2.22. The number of benzene rings is 1. The summed E-state index contributed by atoms with van der Waals surface area (Å²) in [6.45, 7) is 0.443. The number of hydrogen-bond donors (Lipinski definition) is 0. The van der Waals surface area contributed by atoms with Gasteiger partial charge in [0.2, 0.25) is 5.78 Å². The Morgan fingerprint density at radius 1 is 1.33 bits per heavy atom. The predicted molar refractivity (Wildman–Crippen MR) is 75.4 cm³/mol. The van der Waals surface area contributed by atoms with E-state index < -0.39 is 30.5 Å². The van der Waals surface area contributed by atoms with Crippen LogP contribution in [0.1, 0.15) is 41.6 Å². The second kappa shape index (κ2) is 7.74. The van der Waals surface area contributed by atoms with Gasteiger partial charge >= 0.3 is 6.18 Å². The average molecular weight is 348 g/mol. The summed E-state index contributed by atoms with van der Waals surface area (Å²) >= 11 is 0. The molecule has 0 amide bonds. The molecule has 1 fully saturated rings. The number of alkyl halides is 3. The smallest absolute Gasteiger partial charge is 0.449 e. The van der Waals surface area contributed by atoms with Crippen LogP contribution >= 0.6 is 0 Å². The number of aryl methyl sites for hydroxylation is 1. The number of ketones is 1. The summed E-state index contributed by atoms with van der Waals surface area (Å²) < 4.78 is 61.6. The summed E-state index contributed by atoms with van der Waals surface area (Å²) in [4.78, 5) is 22.2. The molecule has 1 unspecified atom stereocenters. The zero-order valence-electron chi connectivity index (χ0n) is 12.7. The molecule has 0 bridgehead atoms. The Morgan fingerprint density at radius 2 is 2.08 bits per heavy atom. The van der Waals surface area contributed by atoms with E-state index in [0.717, 1.165) is 18.9 Å². The Hall–Kier alpha value is -1.96. The van der Waals surface area contributed by atoms with E-state index in [0.29, 0.717) is 13.0 Å². The first kappa shape index (κ1) is 18.4. The zero-order chi connectivity index (χ0) is 17.7. The predicted octanol–water partition coefficient (Wildman–Crippen LogP) is 3.61. The fraction of sp³-hybridized carbons (Fsp3) is 0.500. The van der Waals surface area contributed by atoms with Gasteiger partial charge in [-0.15, -0.1) is 0 Å². The molecule has 4 nitrogen and oxygen atoms in total. The van der Waals surface area contributed by atoms with Crippen LogP contribution in [-0.4, -0.2) is 31.1 Å². The molecule has 1 aromatic carbocycles. The second-order valence-corrected chi connectivity index (χ2v) is 5.40. The molecule has 1 aliphatic heterocycles. The molecular weight excluding hydrogens is 332 g/mol. The molecular formula is C16H16F4O4. The summed E-state index contributed by atoms with van der Waals surface area (Å²) in [5.74, 6) is -2.90. The molecule has 0 aliphatic carbocycles. The zero-order valence-corrected chi connectivity index (χ0v) is 12.7. The standard InChI is InChI=1S/C16H16F4O4/c17-12-6-4-10(5-7-13(22)16(18,19)20)15(11(12)9-21)24-14-3-1-2-8-23-14/h4,6,9,14H,1-3,5,7-8H2. The van der Waals surface area contributed by atoms with Crippen molar-refractivity contribution in [3.8, 4) is 5.75 Å². The maximum Gasteiger partial charge on any atom is 0.449 e. The van der Waals surface area contributed by atoms with Gasteiger partial charge in [0.25, 0.3) is 0 Å². The summed E-state index contributed by atoms with van der Waals surface area (Å²) in [5, 5.41) is 0. The number of rotatable bonds is 6. The third-order valence-corrected chi connectivity index (χ3v) is 3.67. The summed E-state index contributed by atoms with van der Waals surface area (Å²) in [5.41, 5.74) is -0.230. The van der Waals surface area contributed by atoms with Gasteiger partial charge in [0.05, 0.1) is 12.2 Å². The number of carbonyl (C=O) groups is 2. The van der Waals surface area contributed by atoms with Crippen LogP contribution in [0.5, 0.6) is 5.75 Å². The molecule has 1 saturated heterocycles. The molecule has 1 heterocycles. The average Bonchev–Trinajstić information content (AvgIpc) is 2.54. The van der Waals surface area contributed by atoms with Crippen molar-refractivity contribution in [2.24, 2.45) is 0 Å². The molecule has 8 heteroatoms. The minimum Gasteiger partial charge on any atom is -0.464 e. The minimum atomic E-state index is -4.93. The first-order valence-corrected chi connectivity index (χ1v) is 7.47. The molecule has 1 aliphatic rings. The van der Waals surface area contributed by atoms with Crippen LogP contribution in [0.4, 0.5) is 17.6 Å². The molecule has 0 saturated carbocycles. The summed E-state index contributed by atoms with van der Waals surface area (Å²) in [6.07, 6.45) is -4.33. The Labute approximate surface area is 135 Å². The van der Waals surface area contributed by atoms with Gasteiger partial charge in [-0.3, -0.25) is 9.59 Å². The van der Waals surface area contributed by atoms with Gasteiger partial charge < -0.3 is 9.47 Å². The van der Waals surface area contributed by atoms with Gasteiger partial charge in [0.15, 0.2) is 12.6 Å². The number of hydrogen-bond acceptors (Lipinski definition) is 4. The van der Waals surface area contributed by atoms with Gasteiger partial charge in [-0.05, 0) is 30.9 Å². The Kier molecular flexibility index (Phi) is 5.93. The van der Waals surface area contributed by atoms with Crippen LogP contribution in [-0.2, 0) is 16.0 Å². The Bertz CT molecular complexity index is 607. The topological polar surface area (TPSA) is 52.6 Å². The van der Waals surface area contributed by atoms with Crippen LogP contribution in [0.15, 0.2) is 12.1 Å². The van der Waals surface area contributed by atoms with Gasteiger partial charge in [-0.1, -0.05) is 6.07 Å². The molecule has 0 N–H and O–H groups in total. The number of carbonyl (C=O) groups excluding carboxylic acids is 2. The third-order valence-electron chi connectivity index (χ3n) is 3.67. The molecule has 0 radical (unpaired) electrons. The highest BCUT2D eigenvalue weighted by molar-refractivity contribution is 5.85. The highest BCUT2D eigenvalue weighted by Gasteiger charge is 2.37. The van der Waals surface area contributed by atoms with Crippen molar-refractivity contribution in [2.45, 2.75) is 44.6 Å². The van der Waals surface area contributed by atoms with Gasteiger partial charge in [0.1, 0.15) is 11.6 Å². The first-order chi connectivity index (χ1) is 11.3. The van der Waals surface area contributed by atoms with Gasteiger partial charge in [-0.2, -0.15) is 13.2 Å².